The molecule has 7 nitrogen and oxygen atoms in total. The summed E-state index contributed by atoms with van der Waals surface area (Å²) < 4.78 is 24.7. The molecule has 0 saturated carbocycles. The number of amides is 2. The first-order valence-electron chi connectivity index (χ1n) is 11.6. The van der Waals surface area contributed by atoms with E-state index in [4.69, 9.17) is 9.26 Å². The van der Waals surface area contributed by atoms with Crippen molar-refractivity contribution in [1.29, 1.82) is 0 Å². The van der Waals surface area contributed by atoms with E-state index in [-0.39, 0.29) is 17.7 Å². The molecule has 1 aliphatic heterocycles. The van der Waals surface area contributed by atoms with Crippen LogP contribution in [0.3, 0.4) is 0 Å². The number of nitrogens with zero attached hydrogens (tertiary/aromatic N) is 3. The molecule has 0 fully saturated rings. The van der Waals surface area contributed by atoms with Gasteiger partial charge >= 0.3 is 6.03 Å². The third-order valence-electron chi connectivity index (χ3n) is 6.28. The van der Waals surface area contributed by atoms with Crippen LogP contribution in [0.2, 0.25) is 0 Å². The van der Waals surface area contributed by atoms with Crippen LogP contribution >= 0.6 is 0 Å². The quantitative estimate of drug-likeness (QED) is 0.355. The second-order valence-electron chi connectivity index (χ2n) is 8.44. The van der Waals surface area contributed by atoms with E-state index in [1.54, 1.807) is 36.3 Å². The highest BCUT2D eigenvalue weighted by Gasteiger charge is 2.36. The summed E-state index contributed by atoms with van der Waals surface area (Å²) in [6.07, 6.45) is 0.908. The maximum absolute atomic E-state index is 13.8. The van der Waals surface area contributed by atoms with Crippen molar-refractivity contribution in [3.8, 4) is 17.1 Å². The normalized spacial score (nSPS) is 15.7. The number of carbonyl (C=O) groups is 1. The van der Waals surface area contributed by atoms with E-state index >= 15 is 0 Å². The Balaban J connectivity index is 1.63. The van der Waals surface area contributed by atoms with Crippen LogP contribution in [-0.4, -0.2) is 23.3 Å². The fraction of sp³-hybridized carbons (Fsp3) is 0.179. The van der Waals surface area contributed by atoms with Gasteiger partial charge < -0.3 is 14.6 Å². The van der Waals surface area contributed by atoms with E-state index in [1.165, 1.54) is 17.7 Å². The van der Waals surface area contributed by atoms with Gasteiger partial charge in [-0.1, -0.05) is 48.5 Å². The van der Waals surface area contributed by atoms with Gasteiger partial charge in [0.05, 0.1) is 24.4 Å². The molecule has 2 heterocycles. The van der Waals surface area contributed by atoms with Crippen molar-refractivity contribution in [2.75, 3.05) is 12.0 Å². The maximum Gasteiger partial charge on any atom is 0.326 e. The zero-order valence-corrected chi connectivity index (χ0v) is 20.2. The number of carbonyl (C=O) groups excluding carboxylic acids is 1. The number of aryl methyl sites for hydroxylation is 1. The number of hydrogen-bond donors (Lipinski definition) is 1. The Hall–Kier alpha value is -4.46. The van der Waals surface area contributed by atoms with Crippen LogP contribution in [0.25, 0.3) is 17.0 Å². The number of aromatic nitrogens is 2. The molecule has 2 amide bonds. The van der Waals surface area contributed by atoms with Crippen molar-refractivity contribution >= 4 is 17.3 Å². The Morgan fingerprint density at radius 2 is 1.83 bits per heavy atom. The molecule has 36 heavy (non-hydrogen) atoms. The summed E-state index contributed by atoms with van der Waals surface area (Å²) in [5.41, 5.74) is 4.53. The number of hydrogen-bond acceptors (Lipinski definition) is 5. The molecule has 1 unspecified atom stereocenters. The fourth-order valence-corrected chi connectivity index (χ4v) is 4.34. The Labute approximate surface area is 208 Å². The van der Waals surface area contributed by atoms with Gasteiger partial charge in [-0.2, -0.15) is 4.98 Å². The number of ether oxygens (including phenoxy) is 1. The largest absolute Gasteiger partial charge is 0.497 e. The summed E-state index contributed by atoms with van der Waals surface area (Å²) in [7, 11) is 1.59. The number of halogens is 1. The number of urea groups is 1. The molecular formula is C28H25FN4O3. The van der Waals surface area contributed by atoms with Gasteiger partial charge in [0.1, 0.15) is 11.6 Å². The molecule has 8 heteroatoms. The summed E-state index contributed by atoms with van der Waals surface area (Å²) in [5, 5.41) is 7.19. The predicted octanol–water partition coefficient (Wildman–Crippen LogP) is 6.15. The standard InChI is InChI=1S/C28H25FN4O3/c1-4-18-8-10-19(11-9-18)25-24(27-31-26(32-36-27)20-6-5-7-21(29)16-20)17(2)33(28(34)30-25)22-12-14-23(35-3)15-13-22/h5-16,25H,4H2,1-3H3,(H,30,34). The first kappa shape index (κ1) is 23.3. The molecule has 1 N–H and O–H groups in total. The third kappa shape index (κ3) is 4.33. The first-order valence-corrected chi connectivity index (χ1v) is 11.6. The van der Waals surface area contributed by atoms with E-state index in [0.717, 1.165) is 12.0 Å². The van der Waals surface area contributed by atoms with E-state index < -0.39 is 11.9 Å². The average Bonchev–Trinajstić information content (AvgIpc) is 3.39. The fourth-order valence-electron chi connectivity index (χ4n) is 4.34. The van der Waals surface area contributed by atoms with Gasteiger partial charge in [-0.15, -0.1) is 0 Å². The van der Waals surface area contributed by atoms with Gasteiger partial charge in [-0.25, -0.2) is 9.18 Å². The summed E-state index contributed by atoms with van der Waals surface area (Å²) in [5.74, 6) is 0.801. The summed E-state index contributed by atoms with van der Waals surface area (Å²) >= 11 is 0. The lowest BCUT2D eigenvalue weighted by Crippen LogP contribution is -2.46. The Morgan fingerprint density at radius 1 is 1.08 bits per heavy atom. The van der Waals surface area contributed by atoms with E-state index in [1.807, 2.05) is 43.3 Å². The number of benzene rings is 3. The minimum Gasteiger partial charge on any atom is -0.497 e. The second-order valence-corrected chi connectivity index (χ2v) is 8.44. The summed E-state index contributed by atoms with van der Waals surface area (Å²) in [4.78, 5) is 19.5. The van der Waals surface area contributed by atoms with Gasteiger partial charge in [0, 0.05) is 11.3 Å². The topological polar surface area (TPSA) is 80.5 Å². The first-order chi connectivity index (χ1) is 17.5. The Bertz CT molecular complexity index is 1430. The molecule has 0 radical (unpaired) electrons. The predicted molar refractivity (Wildman–Crippen MR) is 135 cm³/mol. The van der Waals surface area contributed by atoms with Crippen LogP contribution in [0.1, 0.15) is 36.9 Å². The zero-order chi connectivity index (χ0) is 25.2. The highest BCUT2D eigenvalue weighted by atomic mass is 19.1. The minimum atomic E-state index is -0.515. The molecule has 1 aromatic heterocycles. The van der Waals surface area contributed by atoms with Gasteiger partial charge in [-0.05, 0) is 60.9 Å². The third-order valence-corrected chi connectivity index (χ3v) is 6.28. The zero-order valence-electron chi connectivity index (χ0n) is 20.2. The number of allylic oxidation sites excluding steroid dienone is 1. The molecule has 1 atom stereocenters. The molecule has 182 valence electrons. The molecule has 0 saturated heterocycles. The molecule has 1 aliphatic rings. The molecule has 4 aromatic rings. The molecule has 0 bridgehead atoms. The van der Waals surface area contributed by atoms with Crippen LogP contribution in [-0.2, 0) is 6.42 Å². The highest BCUT2D eigenvalue weighted by molar-refractivity contribution is 6.01. The molecular weight excluding hydrogens is 459 g/mol. The van der Waals surface area contributed by atoms with Crippen molar-refractivity contribution in [1.82, 2.24) is 15.5 Å². The van der Waals surface area contributed by atoms with Crippen molar-refractivity contribution in [3.05, 3.63) is 101 Å². The lowest BCUT2D eigenvalue weighted by atomic mass is 9.93. The van der Waals surface area contributed by atoms with Gasteiger partial charge in [-0.3, -0.25) is 4.90 Å². The SMILES string of the molecule is CCc1ccc(C2NC(=O)N(c3ccc(OC)cc3)C(C)=C2c2nc(-c3cccc(F)c3)no2)cc1. The van der Waals surface area contributed by atoms with Crippen molar-refractivity contribution in [2.24, 2.45) is 0 Å². The second kappa shape index (κ2) is 9.65. The number of nitrogens with one attached hydrogen (secondary N) is 1. The van der Waals surface area contributed by atoms with Crippen LogP contribution in [0.5, 0.6) is 5.75 Å². The Morgan fingerprint density at radius 3 is 2.50 bits per heavy atom. The minimum absolute atomic E-state index is 0.245. The van der Waals surface area contributed by atoms with E-state index in [0.29, 0.717) is 28.3 Å². The van der Waals surface area contributed by atoms with Crippen molar-refractivity contribution in [2.45, 2.75) is 26.3 Å². The van der Waals surface area contributed by atoms with Crippen molar-refractivity contribution < 1.29 is 18.4 Å². The average molecular weight is 485 g/mol. The molecule has 5 rings (SSSR count). The van der Waals surface area contributed by atoms with Crippen LogP contribution < -0.4 is 15.0 Å². The van der Waals surface area contributed by atoms with E-state index in [2.05, 4.69) is 22.4 Å². The van der Waals surface area contributed by atoms with Gasteiger partial charge in [0.2, 0.25) is 5.82 Å². The number of methoxy groups -OCH3 is 1. The molecule has 3 aromatic carbocycles. The van der Waals surface area contributed by atoms with Crippen LogP contribution in [0, 0.1) is 5.82 Å². The maximum atomic E-state index is 13.8. The monoisotopic (exact) mass is 484 g/mol. The Kier molecular flexibility index (Phi) is 6.25. The number of anilines is 1. The molecule has 0 spiro atoms. The smallest absolute Gasteiger partial charge is 0.326 e. The molecule has 0 aliphatic carbocycles. The summed E-state index contributed by atoms with van der Waals surface area (Å²) in [6.45, 7) is 3.93. The highest BCUT2D eigenvalue weighted by Crippen LogP contribution is 2.39. The van der Waals surface area contributed by atoms with Crippen LogP contribution in [0.4, 0.5) is 14.9 Å². The van der Waals surface area contributed by atoms with Gasteiger partial charge in [0.25, 0.3) is 5.89 Å². The van der Waals surface area contributed by atoms with Crippen molar-refractivity contribution in [3.63, 3.8) is 0 Å². The number of rotatable bonds is 6. The van der Waals surface area contributed by atoms with E-state index in [9.17, 15) is 9.18 Å². The summed E-state index contributed by atoms with van der Waals surface area (Å²) in [6, 6.07) is 20.5. The van der Waals surface area contributed by atoms with Crippen LogP contribution in [0.15, 0.2) is 83.0 Å². The lowest BCUT2D eigenvalue weighted by molar-refractivity contribution is 0.244. The lowest BCUT2D eigenvalue weighted by Gasteiger charge is -2.35. The van der Waals surface area contributed by atoms with Gasteiger partial charge in [0.15, 0.2) is 0 Å².